The molecule has 10 rings (SSSR count). The number of carbonyl (C=O) groups is 6. The van der Waals surface area contributed by atoms with Gasteiger partial charge in [-0.15, -0.1) is 0 Å². The van der Waals surface area contributed by atoms with E-state index in [1.54, 1.807) is 38.4 Å². The summed E-state index contributed by atoms with van der Waals surface area (Å²) in [4.78, 5) is 99.0. The Bertz CT molecular complexity index is 2440. The second kappa shape index (κ2) is 15.6. The smallest absolute Gasteiger partial charge is 0.375 e. The minimum absolute atomic E-state index is 0.184. The van der Waals surface area contributed by atoms with Crippen molar-refractivity contribution in [1.29, 1.82) is 0 Å². The van der Waals surface area contributed by atoms with E-state index in [2.05, 4.69) is 73.8 Å². The number of anilines is 1. The second-order valence-corrected chi connectivity index (χ2v) is 20.5. The summed E-state index contributed by atoms with van der Waals surface area (Å²) in [7, 11) is 0. The zero-order chi connectivity index (χ0) is 47.2. The van der Waals surface area contributed by atoms with Crippen LogP contribution in [-0.4, -0.2) is 104 Å². The van der Waals surface area contributed by atoms with E-state index in [-0.39, 0.29) is 37.3 Å². The molecule has 65 heavy (non-hydrogen) atoms. The normalized spacial score (nSPS) is 30.4. The molecule has 6 unspecified atom stereocenters. The number of hydrogen-bond donors (Lipinski definition) is 4. The molecule has 0 spiro atoms. The summed E-state index contributed by atoms with van der Waals surface area (Å²) in [5, 5.41) is 0. The Hall–Kier alpha value is -5.94. The van der Waals surface area contributed by atoms with Crippen molar-refractivity contribution in [2.45, 2.75) is 144 Å². The molecule has 5 aliphatic heterocycles. The summed E-state index contributed by atoms with van der Waals surface area (Å²) in [5.41, 5.74) is 20.0. The molecule has 2 aliphatic carbocycles. The molecule has 7 heterocycles. The van der Waals surface area contributed by atoms with Gasteiger partial charge in [-0.3, -0.25) is 29.4 Å². The lowest BCUT2D eigenvalue weighted by Gasteiger charge is -2.57. The quantitative estimate of drug-likeness (QED) is 0.159. The zero-order valence-electron chi connectivity index (χ0n) is 38.3. The van der Waals surface area contributed by atoms with Crippen molar-refractivity contribution in [3.63, 3.8) is 0 Å². The van der Waals surface area contributed by atoms with E-state index in [0.717, 1.165) is 22.4 Å². The van der Waals surface area contributed by atoms with Gasteiger partial charge in [-0.05, 0) is 104 Å². The van der Waals surface area contributed by atoms with Gasteiger partial charge < -0.3 is 37.3 Å². The number of nitrogens with zero attached hydrogens (tertiary/aromatic N) is 5. The van der Waals surface area contributed by atoms with Crippen LogP contribution in [0.15, 0.2) is 60.9 Å². The number of likely N-dealkylation sites (tertiary alicyclic amines) is 2. The number of fused-ring (bicyclic) bond motifs is 6. The molecule has 0 saturated carbocycles. The number of amides is 4. The van der Waals surface area contributed by atoms with E-state index in [1.165, 1.54) is 0 Å². The summed E-state index contributed by atoms with van der Waals surface area (Å²) in [6, 6.07) is 14.0. The lowest BCUT2D eigenvalue weighted by molar-refractivity contribution is -0.167. The molecule has 3 saturated heterocycles. The number of benzene rings is 1. The standard InChI is InChI=1S/C48H61N9O8/c1-27-22-33(32-10-8-20-55(32)47(37(49)58,39(60)64-41(51)62)44(5)23-28-12-18-34(44)53-25-28)57(31-16-14-30(15-17-31)43(2,3)4)46(27,7)36-11-9-21-56(36)48(38(50)59,40(61)65-42(52)63)45(6)24-29-13-19-35(45)54-26-29/h12-19,25-27,32-33,36H,8-11,20-24H2,1-7H3,(H2,49,58)(H2,50,59)(H2,51,62)(H2,52,63)/t27?,32?,33?,36?,44?,45?,46-,47+,48+/m1/s1. The van der Waals surface area contributed by atoms with Gasteiger partial charge in [0.2, 0.25) is 11.1 Å². The molecule has 2 aromatic heterocycles. The number of pyridine rings is 2. The highest BCUT2D eigenvalue weighted by Gasteiger charge is 2.72. The Balaban J connectivity index is 1.33. The number of primary amides is 4. The van der Waals surface area contributed by atoms with Gasteiger partial charge in [-0.1, -0.05) is 65.8 Å². The van der Waals surface area contributed by atoms with Crippen molar-refractivity contribution < 1.29 is 38.2 Å². The molecule has 8 N–H and O–H groups in total. The minimum atomic E-state index is -2.26. The van der Waals surface area contributed by atoms with Crippen LogP contribution in [0, 0.1) is 5.92 Å². The van der Waals surface area contributed by atoms with Gasteiger partial charge in [-0.2, -0.15) is 0 Å². The van der Waals surface area contributed by atoms with Crippen molar-refractivity contribution in [1.82, 2.24) is 19.8 Å². The van der Waals surface area contributed by atoms with Gasteiger partial charge in [0.25, 0.3) is 11.8 Å². The summed E-state index contributed by atoms with van der Waals surface area (Å²) < 4.78 is 10.5. The van der Waals surface area contributed by atoms with E-state index >= 15 is 0 Å². The summed E-state index contributed by atoms with van der Waals surface area (Å²) in [6.07, 6.45) is 3.72. The fraction of sp³-hybridized carbons (Fsp3) is 0.542. The van der Waals surface area contributed by atoms with Crippen LogP contribution in [0.2, 0.25) is 0 Å². The third kappa shape index (κ3) is 6.46. The van der Waals surface area contributed by atoms with Crippen LogP contribution in [0.5, 0.6) is 0 Å². The maximum absolute atomic E-state index is 14.9. The van der Waals surface area contributed by atoms with Crippen molar-refractivity contribution >= 4 is 41.6 Å². The largest absolute Gasteiger partial charge is 0.412 e. The first kappa shape index (κ1) is 45.6. The minimum Gasteiger partial charge on any atom is -0.375 e. The molecule has 0 radical (unpaired) electrons. The van der Waals surface area contributed by atoms with Gasteiger partial charge in [-0.25, -0.2) is 19.2 Å². The maximum Gasteiger partial charge on any atom is 0.412 e. The molecular weight excluding hydrogens is 831 g/mol. The number of rotatable bonds is 11. The molecule has 346 valence electrons. The Morgan fingerprint density at radius 3 is 1.55 bits per heavy atom. The van der Waals surface area contributed by atoms with Crippen molar-refractivity contribution in [3.8, 4) is 0 Å². The maximum atomic E-state index is 14.9. The number of esters is 2. The average Bonchev–Trinajstić information content (AvgIpc) is 3.97. The first-order valence-corrected chi connectivity index (χ1v) is 22.5. The second-order valence-electron chi connectivity index (χ2n) is 20.5. The Kier molecular flexibility index (Phi) is 11.0. The first-order chi connectivity index (χ1) is 30.5. The van der Waals surface area contributed by atoms with Crippen LogP contribution in [-0.2, 0) is 57.7 Å². The highest BCUT2D eigenvalue weighted by molar-refractivity contribution is 6.12. The fourth-order valence-corrected chi connectivity index (χ4v) is 13.1. The highest BCUT2D eigenvalue weighted by atomic mass is 16.6. The number of ether oxygens (including phenoxy) is 2. The molecule has 4 bridgehead atoms. The third-order valence-electron chi connectivity index (χ3n) is 16.2. The van der Waals surface area contributed by atoms with Gasteiger partial charge in [0.05, 0.1) is 16.4 Å². The van der Waals surface area contributed by atoms with E-state index in [9.17, 15) is 28.8 Å². The van der Waals surface area contributed by atoms with Gasteiger partial charge in [0.1, 0.15) is 0 Å². The van der Waals surface area contributed by atoms with Crippen LogP contribution in [0.1, 0.15) is 109 Å². The average molecular weight is 892 g/mol. The van der Waals surface area contributed by atoms with Crippen molar-refractivity contribution in [2.24, 2.45) is 28.9 Å². The van der Waals surface area contributed by atoms with Gasteiger partial charge >= 0.3 is 24.1 Å². The number of carbonyl (C=O) groups excluding carboxylic acids is 6. The first-order valence-electron chi connectivity index (χ1n) is 22.5. The fourth-order valence-electron chi connectivity index (χ4n) is 13.1. The molecule has 17 heteroatoms. The lowest BCUT2D eigenvalue weighted by atomic mass is 9.61. The monoisotopic (exact) mass is 891 g/mol. The third-order valence-corrected chi connectivity index (χ3v) is 16.2. The van der Waals surface area contributed by atoms with Crippen LogP contribution in [0.3, 0.4) is 0 Å². The van der Waals surface area contributed by atoms with E-state index in [1.807, 2.05) is 21.9 Å². The molecule has 9 atom stereocenters. The predicted octanol–water partition coefficient (Wildman–Crippen LogP) is 3.40. The number of aromatic nitrogens is 2. The molecule has 3 aromatic rings. The van der Waals surface area contributed by atoms with Crippen LogP contribution in [0.4, 0.5) is 15.3 Å². The van der Waals surface area contributed by atoms with Crippen LogP contribution < -0.4 is 27.8 Å². The SMILES string of the molecule is CC1CC(C2CCCN2[C@@](C(N)=O)(C(=O)OC(N)=O)C2(C)Cc3ccc2nc3)N(c2ccc(C(C)(C)C)cc2)[C@@]1(C)C1CCCN1[C@@](C(N)=O)(C(=O)OC(N)=O)C1(C)Cc2ccc1nc2. The summed E-state index contributed by atoms with van der Waals surface area (Å²) in [6.45, 7) is 14.6. The van der Waals surface area contributed by atoms with Gasteiger partial charge in [0, 0.05) is 60.7 Å². The van der Waals surface area contributed by atoms with Gasteiger partial charge in [0.15, 0.2) is 0 Å². The Labute approximate surface area is 378 Å². The molecule has 17 nitrogen and oxygen atoms in total. The van der Waals surface area contributed by atoms with Crippen LogP contribution >= 0.6 is 0 Å². The molecule has 1 aromatic carbocycles. The Morgan fingerprint density at radius 2 is 1.14 bits per heavy atom. The van der Waals surface area contributed by atoms with Crippen LogP contribution in [0.25, 0.3) is 0 Å². The molecular formula is C48H61N9O8. The van der Waals surface area contributed by atoms with E-state index in [4.69, 9.17) is 32.4 Å². The number of nitrogens with two attached hydrogens (primary N) is 4. The zero-order valence-corrected chi connectivity index (χ0v) is 38.3. The lowest BCUT2D eigenvalue weighted by Crippen LogP contribution is -2.78. The molecule has 4 amide bonds. The molecule has 3 fully saturated rings. The topological polar surface area (TPSA) is 260 Å². The Morgan fingerprint density at radius 1 is 0.662 bits per heavy atom. The number of hydrogen-bond acceptors (Lipinski definition) is 13. The molecule has 7 aliphatic rings. The summed E-state index contributed by atoms with van der Waals surface area (Å²) in [5.74, 6) is -4.55. The highest BCUT2D eigenvalue weighted by Crippen LogP contribution is 2.56. The van der Waals surface area contributed by atoms with E-state index < -0.39 is 81.5 Å². The van der Waals surface area contributed by atoms with Crippen molar-refractivity contribution in [2.75, 3.05) is 18.0 Å². The van der Waals surface area contributed by atoms with E-state index in [0.29, 0.717) is 43.5 Å². The van der Waals surface area contributed by atoms with Crippen molar-refractivity contribution in [3.05, 3.63) is 89.0 Å². The summed E-state index contributed by atoms with van der Waals surface area (Å²) >= 11 is 0. The predicted molar refractivity (Wildman–Crippen MR) is 239 cm³/mol.